The normalized spacial score (nSPS) is 19.5. The molecule has 0 aromatic carbocycles. The molecule has 1 aliphatic rings. The van der Waals surface area contributed by atoms with Gasteiger partial charge in [-0.1, -0.05) is 20.3 Å². The maximum absolute atomic E-state index is 3.49. The molecule has 0 saturated heterocycles. The van der Waals surface area contributed by atoms with E-state index in [1.165, 1.54) is 32.4 Å². The highest BCUT2D eigenvalue weighted by Gasteiger charge is 2.16. The van der Waals surface area contributed by atoms with Gasteiger partial charge < -0.3 is 5.32 Å². The van der Waals surface area contributed by atoms with Gasteiger partial charge in [-0.05, 0) is 37.8 Å². The van der Waals surface area contributed by atoms with Gasteiger partial charge in [0, 0.05) is 1.43 Å². The molecule has 1 N–H and O–H groups in total. The minimum Gasteiger partial charge on any atom is -0.316 e. The van der Waals surface area contributed by atoms with Gasteiger partial charge in [0.15, 0.2) is 0 Å². The van der Waals surface area contributed by atoms with E-state index in [1.54, 1.807) is 0 Å². The van der Waals surface area contributed by atoms with Crippen LogP contribution in [0.15, 0.2) is 0 Å². The summed E-state index contributed by atoms with van der Waals surface area (Å²) >= 11 is 0. The number of hydrogen-bond donors (Lipinski definition) is 1. The molecule has 0 aromatic heterocycles. The van der Waals surface area contributed by atoms with Crippen LogP contribution in [0.25, 0.3) is 0 Å². The van der Waals surface area contributed by atoms with Gasteiger partial charge in [-0.15, -0.1) is 0 Å². The predicted octanol–water partition coefficient (Wildman–Crippen LogP) is 2.28. The maximum atomic E-state index is 3.49. The van der Waals surface area contributed by atoms with Crippen molar-refractivity contribution in [3.8, 4) is 0 Å². The Morgan fingerprint density at radius 3 is 2.60 bits per heavy atom. The molecular formula is C9H21N. The van der Waals surface area contributed by atoms with Crippen LogP contribution in [0.5, 0.6) is 0 Å². The first-order valence-electron chi connectivity index (χ1n) is 4.49. The van der Waals surface area contributed by atoms with Gasteiger partial charge in [0.1, 0.15) is 0 Å². The molecule has 0 bridgehead atoms. The van der Waals surface area contributed by atoms with Crippen LogP contribution >= 0.6 is 0 Å². The van der Waals surface area contributed by atoms with Crippen molar-refractivity contribution in [2.24, 2.45) is 11.8 Å². The summed E-state index contributed by atoms with van der Waals surface area (Å²) in [6, 6.07) is 0. The van der Waals surface area contributed by atoms with Crippen molar-refractivity contribution in [1.82, 2.24) is 5.32 Å². The minimum atomic E-state index is 0. The van der Waals surface area contributed by atoms with Gasteiger partial charge in [0.2, 0.25) is 0 Å². The molecule has 10 heavy (non-hydrogen) atoms. The second-order valence-corrected chi connectivity index (χ2v) is 3.85. The number of hydrogen-bond acceptors (Lipinski definition) is 1. The zero-order chi connectivity index (χ0) is 7.40. The molecule has 0 spiro atoms. The van der Waals surface area contributed by atoms with E-state index in [2.05, 4.69) is 19.2 Å². The van der Waals surface area contributed by atoms with E-state index in [9.17, 15) is 0 Å². The van der Waals surface area contributed by atoms with E-state index < -0.39 is 0 Å². The SMILES string of the molecule is CC(C)CNCC1CCC1.[HH]. The van der Waals surface area contributed by atoms with Crippen molar-refractivity contribution in [1.29, 1.82) is 0 Å². The van der Waals surface area contributed by atoms with E-state index in [0.29, 0.717) is 0 Å². The molecule has 0 unspecified atom stereocenters. The second kappa shape index (κ2) is 3.97. The van der Waals surface area contributed by atoms with Crippen molar-refractivity contribution in [2.45, 2.75) is 33.1 Å². The molecule has 62 valence electrons. The molecule has 1 aliphatic carbocycles. The van der Waals surface area contributed by atoms with Crippen LogP contribution in [0.1, 0.15) is 34.5 Å². The zero-order valence-electron chi connectivity index (χ0n) is 7.19. The maximum Gasteiger partial charge on any atom is 0 e. The summed E-state index contributed by atoms with van der Waals surface area (Å²) in [5.41, 5.74) is 0. The van der Waals surface area contributed by atoms with Gasteiger partial charge in [-0.2, -0.15) is 0 Å². The van der Waals surface area contributed by atoms with Crippen molar-refractivity contribution >= 4 is 0 Å². The molecule has 1 fully saturated rings. The van der Waals surface area contributed by atoms with Crippen LogP contribution in [-0.4, -0.2) is 13.1 Å². The molecular weight excluding hydrogens is 122 g/mol. The summed E-state index contributed by atoms with van der Waals surface area (Å²) in [4.78, 5) is 0. The lowest BCUT2D eigenvalue weighted by atomic mass is 9.85. The molecule has 0 atom stereocenters. The van der Waals surface area contributed by atoms with Crippen LogP contribution in [-0.2, 0) is 0 Å². The standard InChI is InChI=1S/C9H19N.H2/c1-8(2)6-10-7-9-4-3-5-9;/h8-10H,3-7H2,1-2H3;1H. The Balaban J connectivity index is 0.000001000. The van der Waals surface area contributed by atoms with Gasteiger partial charge in [0.25, 0.3) is 0 Å². The van der Waals surface area contributed by atoms with Crippen molar-refractivity contribution in [2.75, 3.05) is 13.1 Å². The first kappa shape index (κ1) is 8.06. The Hall–Kier alpha value is -0.0400. The molecule has 1 rings (SSSR count). The summed E-state index contributed by atoms with van der Waals surface area (Å²) in [6.45, 7) is 6.97. The highest BCUT2D eigenvalue weighted by Crippen LogP contribution is 2.24. The third-order valence-electron chi connectivity index (χ3n) is 2.21. The first-order chi connectivity index (χ1) is 4.79. The molecule has 0 amide bonds. The van der Waals surface area contributed by atoms with Crippen LogP contribution in [0, 0.1) is 11.8 Å². The highest BCUT2D eigenvalue weighted by atomic mass is 14.9. The fourth-order valence-corrected chi connectivity index (χ4v) is 1.27. The molecule has 0 aliphatic heterocycles. The Morgan fingerprint density at radius 2 is 2.20 bits per heavy atom. The van der Waals surface area contributed by atoms with E-state index in [-0.39, 0.29) is 1.43 Å². The van der Waals surface area contributed by atoms with Crippen LogP contribution in [0.4, 0.5) is 0 Å². The molecule has 1 nitrogen and oxygen atoms in total. The van der Waals surface area contributed by atoms with Crippen LogP contribution in [0.2, 0.25) is 0 Å². The van der Waals surface area contributed by atoms with Gasteiger partial charge in [-0.3, -0.25) is 0 Å². The Morgan fingerprint density at radius 1 is 1.50 bits per heavy atom. The zero-order valence-corrected chi connectivity index (χ0v) is 7.19. The quantitative estimate of drug-likeness (QED) is 0.636. The van der Waals surface area contributed by atoms with E-state index in [0.717, 1.165) is 11.8 Å². The highest BCUT2D eigenvalue weighted by molar-refractivity contribution is 4.71. The second-order valence-electron chi connectivity index (χ2n) is 3.85. The van der Waals surface area contributed by atoms with E-state index in [4.69, 9.17) is 0 Å². The molecule has 0 aromatic rings. The molecule has 1 heteroatoms. The topological polar surface area (TPSA) is 12.0 Å². The van der Waals surface area contributed by atoms with Crippen LogP contribution < -0.4 is 5.32 Å². The summed E-state index contributed by atoms with van der Waals surface area (Å²) in [5, 5.41) is 3.49. The van der Waals surface area contributed by atoms with Crippen LogP contribution in [0.3, 0.4) is 0 Å². The van der Waals surface area contributed by atoms with Gasteiger partial charge in [-0.25, -0.2) is 0 Å². The Kier molecular flexibility index (Phi) is 3.20. The van der Waals surface area contributed by atoms with E-state index >= 15 is 0 Å². The van der Waals surface area contributed by atoms with E-state index in [1.807, 2.05) is 0 Å². The third-order valence-corrected chi connectivity index (χ3v) is 2.21. The van der Waals surface area contributed by atoms with Gasteiger partial charge >= 0.3 is 0 Å². The molecule has 0 heterocycles. The van der Waals surface area contributed by atoms with Crippen molar-refractivity contribution in [3.63, 3.8) is 0 Å². The number of nitrogens with one attached hydrogen (secondary N) is 1. The van der Waals surface area contributed by atoms with Gasteiger partial charge in [0.05, 0.1) is 0 Å². The van der Waals surface area contributed by atoms with Crippen molar-refractivity contribution < 1.29 is 1.43 Å². The molecule has 0 radical (unpaired) electrons. The van der Waals surface area contributed by atoms with Crippen molar-refractivity contribution in [3.05, 3.63) is 0 Å². The lowest BCUT2D eigenvalue weighted by Gasteiger charge is -2.25. The summed E-state index contributed by atoms with van der Waals surface area (Å²) in [6.07, 6.45) is 4.39. The Bertz CT molecular complexity index is 89.6. The lowest BCUT2D eigenvalue weighted by molar-refractivity contribution is 0.297. The first-order valence-corrected chi connectivity index (χ1v) is 4.49. The summed E-state index contributed by atoms with van der Waals surface area (Å²) in [5.74, 6) is 1.82. The molecule has 1 saturated carbocycles. The fourth-order valence-electron chi connectivity index (χ4n) is 1.27. The smallest absolute Gasteiger partial charge is 0 e. The predicted molar refractivity (Wildman–Crippen MR) is 47.2 cm³/mol. The summed E-state index contributed by atoms with van der Waals surface area (Å²) < 4.78 is 0. The Labute approximate surface area is 65.7 Å². The summed E-state index contributed by atoms with van der Waals surface area (Å²) in [7, 11) is 0. The largest absolute Gasteiger partial charge is 0.316 e. The fraction of sp³-hybridized carbons (Fsp3) is 1.00. The minimum absolute atomic E-state index is 0. The third kappa shape index (κ3) is 2.70. The monoisotopic (exact) mass is 143 g/mol. The number of rotatable bonds is 4. The lowest BCUT2D eigenvalue weighted by Crippen LogP contribution is -2.29. The average Bonchev–Trinajstić information content (AvgIpc) is 1.75. The average molecular weight is 143 g/mol.